The molecule has 3 rings (SSSR count). The van der Waals surface area contributed by atoms with Gasteiger partial charge in [-0.05, 0) is 42.3 Å². The van der Waals surface area contributed by atoms with Crippen molar-refractivity contribution in [2.75, 3.05) is 33.9 Å². The summed E-state index contributed by atoms with van der Waals surface area (Å²) in [5, 5.41) is 12.0. The fraction of sp³-hybridized carbons (Fsp3) is 0.556. The summed E-state index contributed by atoms with van der Waals surface area (Å²) < 4.78 is 23.2. The summed E-state index contributed by atoms with van der Waals surface area (Å²) in [6.07, 6.45) is 1.25. The number of ether oxygens (including phenoxy) is 4. The van der Waals surface area contributed by atoms with E-state index >= 15 is 0 Å². The van der Waals surface area contributed by atoms with Gasteiger partial charge < -0.3 is 23.8 Å². The van der Waals surface area contributed by atoms with Crippen LogP contribution >= 0.6 is 0 Å². The minimum absolute atomic E-state index is 0.115. The number of likely N-dealkylation sites (tertiary alicyclic amines) is 1. The van der Waals surface area contributed by atoms with E-state index in [1.54, 1.807) is 48.9 Å². The number of amides is 1. The summed E-state index contributed by atoms with van der Waals surface area (Å²) in [6, 6.07) is 5.45. The van der Waals surface area contributed by atoms with Crippen LogP contribution in [0.25, 0.3) is 0 Å². The van der Waals surface area contributed by atoms with E-state index in [1.807, 2.05) is 0 Å². The molecule has 0 atom stereocenters. The second-order valence-electron chi connectivity index (χ2n) is 6.26. The van der Waals surface area contributed by atoms with Gasteiger partial charge >= 0.3 is 6.09 Å². The van der Waals surface area contributed by atoms with Crippen molar-refractivity contribution < 1.29 is 23.7 Å². The highest BCUT2D eigenvalue weighted by molar-refractivity contribution is 5.67. The second kappa shape index (κ2) is 9.25. The van der Waals surface area contributed by atoms with Crippen LogP contribution in [0, 0.1) is 0 Å². The Morgan fingerprint density at radius 1 is 1.18 bits per heavy atom. The third-order valence-corrected chi connectivity index (χ3v) is 4.62. The van der Waals surface area contributed by atoms with E-state index in [0.29, 0.717) is 42.8 Å². The van der Waals surface area contributed by atoms with E-state index in [-0.39, 0.29) is 18.7 Å². The number of tetrazole rings is 1. The first-order chi connectivity index (χ1) is 13.7. The predicted octanol–water partition coefficient (Wildman–Crippen LogP) is 2.06. The Morgan fingerprint density at radius 3 is 2.61 bits per heavy atom. The van der Waals surface area contributed by atoms with Crippen molar-refractivity contribution in [2.24, 2.45) is 0 Å². The molecule has 2 aromatic rings. The molecule has 0 spiro atoms. The Labute approximate surface area is 163 Å². The number of hydrogen-bond donors (Lipinski definition) is 0. The molecule has 0 bridgehead atoms. The minimum Gasteiger partial charge on any atom is -0.493 e. The molecule has 1 fully saturated rings. The van der Waals surface area contributed by atoms with Gasteiger partial charge in [0.05, 0.1) is 26.9 Å². The van der Waals surface area contributed by atoms with E-state index in [4.69, 9.17) is 18.9 Å². The van der Waals surface area contributed by atoms with Crippen LogP contribution in [-0.2, 0) is 11.3 Å². The number of carbonyl (C=O) groups is 1. The average molecular weight is 391 g/mol. The van der Waals surface area contributed by atoms with Crippen molar-refractivity contribution in [3.8, 4) is 17.2 Å². The standard InChI is InChI=1S/C18H25N5O5/c1-4-27-18(24)22-9-7-13(8-10-22)23-17(19-20-21-23)12-28-14-5-6-15(25-2)16(11-14)26-3/h5-6,11,13H,4,7-10,12H2,1-3H3. The first kappa shape index (κ1) is 19.7. The Bertz CT molecular complexity index is 788. The Morgan fingerprint density at radius 2 is 1.93 bits per heavy atom. The third kappa shape index (κ3) is 4.44. The molecule has 1 aliphatic rings. The quantitative estimate of drug-likeness (QED) is 0.707. The molecule has 1 aromatic carbocycles. The molecular weight excluding hydrogens is 366 g/mol. The van der Waals surface area contributed by atoms with E-state index in [1.165, 1.54) is 0 Å². The Kier molecular flexibility index (Phi) is 6.51. The number of hydrogen-bond acceptors (Lipinski definition) is 8. The largest absolute Gasteiger partial charge is 0.493 e. The number of nitrogens with zero attached hydrogens (tertiary/aromatic N) is 5. The van der Waals surface area contributed by atoms with Crippen LogP contribution in [0.5, 0.6) is 17.2 Å². The molecule has 152 valence electrons. The zero-order valence-corrected chi connectivity index (χ0v) is 16.3. The summed E-state index contributed by atoms with van der Waals surface area (Å²) in [4.78, 5) is 13.5. The van der Waals surface area contributed by atoms with E-state index in [2.05, 4.69) is 15.5 Å². The number of piperidine rings is 1. The second-order valence-corrected chi connectivity index (χ2v) is 6.26. The zero-order valence-electron chi connectivity index (χ0n) is 16.3. The van der Waals surface area contributed by atoms with Gasteiger partial charge in [-0.25, -0.2) is 9.48 Å². The van der Waals surface area contributed by atoms with Gasteiger partial charge in [-0.2, -0.15) is 0 Å². The molecular formula is C18H25N5O5. The SMILES string of the molecule is CCOC(=O)N1CCC(n2nnnc2COc2ccc(OC)c(OC)c2)CC1. The first-order valence-corrected chi connectivity index (χ1v) is 9.19. The fourth-order valence-electron chi connectivity index (χ4n) is 3.15. The average Bonchev–Trinajstić information content (AvgIpc) is 3.21. The first-order valence-electron chi connectivity index (χ1n) is 9.19. The molecule has 1 amide bonds. The lowest BCUT2D eigenvalue weighted by Crippen LogP contribution is -2.39. The minimum atomic E-state index is -0.269. The van der Waals surface area contributed by atoms with E-state index < -0.39 is 0 Å². The molecule has 0 saturated carbocycles. The predicted molar refractivity (Wildman–Crippen MR) is 98.6 cm³/mol. The maximum absolute atomic E-state index is 11.8. The number of benzene rings is 1. The van der Waals surface area contributed by atoms with Gasteiger partial charge in [-0.15, -0.1) is 5.10 Å². The summed E-state index contributed by atoms with van der Waals surface area (Å²) in [6.45, 7) is 3.62. The molecule has 10 nitrogen and oxygen atoms in total. The summed E-state index contributed by atoms with van der Waals surface area (Å²) in [5.74, 6) is 2.48. The molecule has 2 heterocycles. The highest BCUT2D eigenvalue weighted by atomic mass is 16.6. The molecule has 1 aromatic heterocycles. The van der Waals surface area contributed by atoms with Crippen molar-refractivity contribution in [1.82, 2.24) is 25.1 Å². The van der Waals surface area contributed by atoms with Crippen molar-refractivity contribution in [3.05, 3.63) is 24.0 Å². The molecule has 28 heavy (non-hydrogen) atoms. The summed E-state index contributed by atoms with van der Waals surface area (Å²) in [5.41, 5.74) is 0. The van der Waals surface area contributed by atoms with Crippen LogP contribution in [0.4, 0.5) is 4.79 Å². The van der Waals surface area contributed by atoms with Gasteiger partial charge in [0.2, 0.25) is 0 Å². The van der Waals surface area contributed by atoms with Crippen LogP contribution in [0.15, 0.2) is 18.2 Å². The molecule has 0 unspecified atom stereocenters. The maximum atomic E-state index is 11.8. The van der Waals surface area contributed by atoms with Crippen LogP contribution in [0.2, 0.25) is 0 Å². The molecule has 0 aliphatic carbocycles. The number of methoxy groups -OCH3 is 2. The topological polar surface area (TPSA) is 101 Å². The van der Waals surface area contributed by atoms with Crippen LogP contribution in [0.1, 0.15) is 31.6 Å². The molecule has 10 heteroatoms. The number of rotatable bonds is 7. The molecule has 0 N–H and O–H groups in total. The maximum Gasteiger partial charge on any atom is 0.409 e. The zero-order chi connectivity index (χ0) is 19.9. The van der Waals surface area contributed by atoms with Gasteiger partial charge in [-0.1, -0.05) is 0 Å². The molecule has 1 aliphatic heterocycles. The lowest BCUT2D eigenvalue weighted by atomic mass is 10.1. The van der Waals surface area contributed by atoms with Crippen molar-refractivity contribution in [2.45, 2.75) is 32.4 Å². The Balaban J connectivity index is 1.60. The summed E-state index contributed by atoms with van der Waals surface area (Å²) in [7, 11) is 3.16. The Hall–Kier alpha value is -3.04. The van der Waals surface area contributed by atoms with Gasteiger partial charge in [0.1, 0.15) is 12.4 Å². The van der Waals surface area contributed by atoms with Crippen LogP contribution in [0.3, 0.4) is 0 Å². The van der Waals surface area contributed by atoms with Crippen molar-refractivity contribution in [3.63, 3.8) is 0 Å². The monoisotopic (exact) mass is 391 g/mol. The lowest BCUT2D eigenvalue weighted by molar-refractivity contribution is 0.0906. The van der Waals surface area contributed by atoms with Crippen molar-refractivity contribution in [1.29, 1.82) is 0 Å². The van der Waals surface area contributed by atoms with E-state index in [9.17, 15) is 4.79 Å². The summed E-state index contributed by atoms with van der Waals surface area (Å²) >= 11 is 0. The van der Waals surface area contributed by atoms with Gasteiger partial charge in [0, 0.05) is 19.2 Å². The lowest BCUT2D eigenvalue weighted by Gasteiger charge is -2.31. The highest BCUT2D eigenvalue weighted by Gasteiger charge is 2.27. The normalized spacial score (nSPS) is 14.6. The van der Waals surface area contributed by atoms with Gasteiger partial charge in [0.25, 0.3) is 0 Å². The highest BCUT2D eigenvalue weighted by Crippen LogP contribution is 2.31. The molecule has 1 saturated heterocycles. The van der Waals surface area contributed by atoms with Gasteiger partial charge in [0.15, 0.2) is 17.3 Å². The van der Waals surface area contributed by atoms with Crippen LogP contribution < -0.4 is 14.2 Å². The number of aromatic nitrogens is 4. The molecule has 0 radical (unpaired) electrons. The van der Waals surface area contributed by atoms with Crippen LogP contribution in [-0.4, -0.2) is 65.1 Å². The number of carbonyl (C=O) groups excluding carboxylic acids is 1. The third-order valence-electron chi connectivity index (χ3n) is 4.62. The van der Waals surface area contributed by atoms with Gasteiger partial charge in [-0.3, -0.25) is 0 Å². The smallest absolute Gasteiger partial charge is 0.409 e. The van der Waals surface area contributed by atoms with Crippen molar-refractivity contribution >= 4 is 6.09 Å². The van der Waals surface area contributed by atoms with E-state index in [0.717, 1.165) is 12.8 Å². The fourth-order valence-corrected chi connectivity index (χ4v) is 3.15.